The molecule has 3 nitrogen and oxygen atoms in total. The molecule has 0 saturated heterocycles. The molecular weight excluding hydrogens is 140 g/mol. The Morgan fingerprint density at radius 2 is 2.00 bits per heavy atom. The summed E-state index contributed by atoms with van der Waals surface area (Å²) in [5.41, 5.74) is 0.585. The van der Waals surface area contributed by atoms with E-state index in [4.69, 9.17) is 15.4 Å². The third-order valence-corrected chi connectivity index (χ3v) is 1.18. The van der Waals surface area contributed by atoms with E-state index < -0.39 is 0 Å². The second-order valence-electron chi connectivity index (χ2n) is 1.87. The van der Waals surface area contributed by atoms with Crippen LogP contribution in [0.3, 0.4) is 0 Å². The van der Waals surface area contributed by atoms with E-state index in [1.54, 1.807) is 24.3 Å². The lowest BCUT2D eigenvalue weighted by Crippen LogP contribution is -1.86. The van der Waals surface area contributed by atoms with E-state index in [9.17, 15) is 0 Å². The Balaban J connectivity index is 2.84. The van der Waals surface area contributed by atoms with Crippen LogP contribution in [-0.2, 0) is 0 Å². The van der Waals surface area contributed by atoms with Gasteiger partial charge in [0.1, 0.15) is 5.75 Å². The van der Waals surface area contributed by atoms with Crippen molar-refractivity contribution in [1.82, 2.24) is 0 Å². The quantitative estimate of drug-likeness (QED) is 0.508. The first-order chi connectivity index (χ1) is 5.36. The van der Waals surface area contributed by atoms with Gasteiger partial charge in [-0.05, 0) is 24.3 Å². The number of benzene rings is 1. The lowest BCUT2D eigenvalue weighted by molar-refractivity contribution is 0.570. The molecule has 0 fully saturated rings. The van der Waals surface area contributed by atoms with Gasteiger partial charge in [-0.2, -0.15) is 5.26 Å². The smallest absolute Gasteiger partial charge is 0.173 e. The van der Waals surface area contributed by atoms with Gasteiger partial charge in [0.2, 0.25) is 0 Å². The Morgan fingerprint density at radius 1 is 1.36 bits per heavy atom. The minimum atomic E-state index is 0.569. The zero-order valence-electron chi connectivity index (χ0n) is 5.74. The number of hydrogen-bond acceptors (Lipinski definition) is 3. The Bertz CT molecular complexity index is 284. The monoisotopic (exact) mass is 146 g/mol. The van der Waals surface area contributed by atoms with Gasteiger partial charge in [-0.1, -0.05) is 0 Å². The molecule has 11 heavy (non-hydrogen) atoms. The normalized spacial score (nSPS) is 8.27. The molecule has 0 heterocycles. The fourth-order valence-corrected chi connectivity index (χ4v) is 0.676. The van der Waals surface area contributed by atoms with Crippen LogP contribution in [0.1, 0.15) is 5.56 Å². The molecule has 1 aromatic rings. The highest BCUT2D eigenvalue weighted by Crippen LogP contribution is 2.09. The molecule has 0 aromatic heterocycles. The zero-order valence-corrected chi connectivity index (χ0v) is 5.74. The molecule has 0 aliphatic heterocycles. The molecule has 1 N–H and O–H groups in total. The van der Waals surface area contributed by atoms with E-state index >= 15 is 0 Å². The van der Waals surface area contributed by atoms with Crippen LogP contribution in [0.5, 0.6) is 5.75 Å². The number of nitrogens with zero attached hydrogens (tertiary/aromatic N) is 1. The third kappa shape index (κ3) is 1.80. The largest absolute Gasteiger partial charge is 0.446 e. The third-order valence-electron chi connectivity index (χ3n) is 1.18. The molecule has 0 amide bonds. The number of rotatable bonds is 2. The number of nitriles is 1. The highest BCUT2D eigenvalue weighted by atomic mass is 16.5. The Labute approximate surface area is 64.4 Å². The fourth-order valence-electron chi connectivity index (χ4n) is 0.676. The highest BCUT2D eigenvalue weighted by molar-refractivity contribution is 5.48. The number of nitrogens with one attached hydrogen (secondary N) is 1. The zero-order chi connectivity index (χ0) is 8.10. The van der Waals surface area contributed by atoms with Crippen molar-refractivity contribution in [3.05, 3.63) is 29.8 Å². The van der Waals surface area contributed by atoms with E-state index in [1.807, 2.05) is 6.07 Å². The van der Waals surface area contributed by atoms with Crippen molar-refractivity contribution in [1.29, 1.82) is 10.7 Å². The van der Waals surface area contributed by atoms with Crippen molar-refractivity contribution in [3.63, 3.8) is 0 Å². The Hall–Kier alpha value is -1.82. The summed E-state index contributed by atoms with van der Waals surface area (Å²) >= 11 is 0. The summed E-state index contributed by atoms with van der Waals surface area (Å²) in [6.45, 7) is 0. The second kappa shape index (κ2) is 3.37. The van der Waals surface area contributed by atoms with Crippen LogP contribution < -0.4 is 4.74 Å². The van der Waals surface area contributed by atoms with Crippen LogP contribution >= 0.6 is 0 Å². The van der Waals surface area contributed by atoms with Crippen LogP contribution in [0.15, 0.2) is 24.3 Å². The fraction of sp³-hybridized carbons (Fsp3) is 0. The maximum absolute atomic E-state index is 8.42. The number of ether oxygens (including phenoxy) is 1. The van der Waals surface area contributed by atoms with E-state index in [1.165, 1.54) is 0 Å². The molecule has 0 spiro atoms. The summed E-state index contributed by atoms with van der Waals surface area (Å²) in [4.78, 5) is 0. The maximum Gasteiger partial charge on any atom is 0.173 e. The first-order valence-electron chi connectivity index (χ1n) is 3.02. The molecule has 0 radical (unpaired) electrons. The lowest BCUT2D eigenvalue weighted by atomic mass is 10.2. The van der Waals surface area contributed by atoms with Crippen molar-refractivity contribution in [3.8, 4) is 11.8 Å². The van der Waals surface area contributed by atoms with Gasteiger partial charge in [-0.15, -0.1) is 0 Å². The molecule has 0 unspecified atom stereocenters. The van der Waals surface area contributed by atoms with Gasteiger partial charge in [-0.25, -0.2) is 0 Å². The van der Waals surface area contributed by atoms with Crippen molar-refractivity contribution < 1.29 is 4.74 Å². The molecule has 0 aliphatic rings. The summed E-state index contributed by atoms with van der Waals surface area (Å²) in [7, 11) is 0. The lowest BCUT2D eigenvalue weighted by Gasteiger charge is -1.95. The predicted octanol–water partition coefficient (Wildman–Crippen LogP) is 1.54. The summed E-state index contributed by atoms with van der Waals surface area (Å²) in [6.07, 6.45) is 0.849. The molecule has 0 atom stereocenters. The molecule has 0 saturated carbocycles. The van der Waals surface area contributed by atoms with Crippen molar-refractivity contribution >= 4 is 6.40 Å². The predicted molar refractivity (Wildman–Crippen MR) is 40.6 cm³/mol. The molecule has 0 aliphatic carbocycles. The molecule has 3 heteroatoms. The topological polar surface area (TPSA) is 56.9 Å². The summed E-state index contributed by atoms with van der Waals surface area (Å²) in [5, 5.41) is 15.0. The van der Waals surface area contributed by atoms with E-state index in [0.29, 0.717) is 11.3 Å². The standard InChI is InChI=1S/C8H6N2O/c9-5-7-1-3-8(4-2-7)11-6-10/h1-4,6,10H. The van der Waals surface area contributed by atoms with Crippen molar-refractivity contribution in [2.75, 3.05) is 0 Å². The SMILES string of the molecule is N#Cc1ccc(OC=N)cc1. The summed E-state index contributed by atoms with van der Waals surface area (Å²) < 4.78 is 4.74. The van der Waals surface area contributed by atoms with E-state index in [2.05, 4.69) is 0 Å². The van der Waals surface area contributed by atoms with Gasteiger partial charge in [0.15, 0.2) is 6.40 Å². The Kier molecular flexibility index (Phi) is 2.24. The van der Waals surface area contributed by atoms with Gasteiger partial charge < -0.3 is 4.74 Å². The van der Waals surface area contributed by atoms with Crippen LogP contribution in [-0.4, -0.2) is 6.40 Å². The van der Waals surface area contributed by atoms with Crippen molar-refractivity contribution in [2.24, 2.45) is 0 Å². The average molecular weight is 146 g/mol. The summed E-state index contributed by atoms with van der Waals surface area (Å²) in [6, 6.07) is 8.54. The van der Waals surface area contributed by atoms with Gasteiger partial charge in [0, 0.05) is 0 Å². The molecule has 0 bridgehead atoms. The van der Waals surface area contributed by atoms with Gasteiger partial charge in [-0.3, -0.25) is 5.41 Å². The van der Waals surface area contributed by atoms with Crippen LogP contribution in [0.2, 0.25) is 0 Å². The van der Waals surface area contributed by atoms with Crippen LogP contribution in [0.4, 0.5) is 0 Å². The molecular formula is C8H6N2O. The van der Waals surface area contributed by atoms with Crippen LogP contribution in [0.25, 0.3) is 0 Å². The summed E-state index contributed by atoms with van der Waals surface area (Å²) in [5.74, 6) is 0.569. The highest BCUT2D eigenvalue weighted by Gasteiger charge is 1.90. The second-order valence-corrected chi connectivity index (χ2v) is 1.87. The average Bonchev–Trinajstić information content (AvgIpc) is 2.07. The first-order valence-corrected chi connectivity index (χ1v) is 3.02. The molecule has 54 valence electrons. The Morgan fingerprint density at radius 3 is 2.45 bits per heavy atom. The maximum atomic E-state index is 8.42. The molecule has 1 rings (SSSR count). The number of hydrogen-bond donors (Lipinski definition) is 1. The minimum Gasteiger partial charge on any atom is -0.446 e. The first kappa shape index (κ1) is 7.29. The van der Waals surface area contributed by atoms with Gasteiger partial charge in [0.25, 0.3) is 0 Å². The van der Waals surface area contributed by atoms with Crippen molar-refractivity contribution in [2.45, 2.75) is 0 Å². The molecule has 1 aromatic carbocycles. The van der Waals surface area contributed by atoms with E-state index in [0.717, 1.165) is 6.40 Å². The minimum absolute atomic E-state index is 0.569. The van der Waals surface area contributed by atoms with Gasteiger partial charge >= 0.3 is 0 Å². The van der Waals surface area contributed by atoms with Gasteiger partial charge in [0.05, 0.1) is 11.6 Å². The van der Waals surface area contributed by atoms with E-state index in [-0.39, 0.29) is 0 Å². The van der Waals surface area contributed by atoms with Crippen LogP contribution in [0, 0.1) is 16.7 Å².